The number of pyridine rings is 1. The van der Waals surface area contributed by atoms with Gasteiger partial charge in [0.1, 0.15) is 0 Å². The summed E-state index contributed by atoms with van der Waals surface area (Å²) >= 11 is 3.13. The van der Waals surface area contributed by atoms with Crippen LogP contribution in [0.4, 0.5) is 13.2 Å². The molecule has 0 spiro atoms. The number of rotatable bonds is 0. The van der Waals surface area contributed by atoms with E-state index in [2.05, 4.69) is 26.0 Å². The number of hydrogen-bond acceptors (Lipinski definition) is 2. The molecule has 98 valence electrons. The first kappa shape index (κ1) is 13.3. The van der Waals surface area contributed by atoms with Gasteiger partial charge in [0.25, 0.3) is 0 Å². The smallest absolute Gasteiger partial charge is 0.252 e. The van der Waals surface area contributed by atoms with Crippen LogP contribution >= 0.6 is 15.9 Å². The summed E-state index contributed by atoms with van der Waals surface area (Å²) in [6.45, 7) is 5.01. The van der Waals surface area contributed by atoms with Crippen molar-refractivity contribution in [3.8, 4) is 0 Å². The Hall–Kier alpha value is -1.11. The van der Waals surface area contributed by atoms with Gasteiger partial charge in [-0.2, -0.15) is 18.3 Å². The third-order valence-electron chi connectivity index (χ3n) is 2.40. The van der Waals surface area contributed by atoms with E-state index in [0.717, 1.165) is 4.68 Å². The molecule has 2 rings (SSSR count). The summed E-state index contributed by atoms with van der Waals surface area (Å²) in [5.41, 5.74) is -1.43. The molecule has 18 heavy (non-hydrogen) atoms. The highest BCUT2D eigenvalue weighted by Gasteiger charge is 2.40. The van der Waals surface area contributed by atoms with Crippen molar-refractivity contribution < 1.29 is 13.2 Å². The normalized spacial score (nSPS) is 13.3. The van der Waals surface area contributed by atoms with Crippen molar-refractivity contribution in [1.82, 2.24) is 14.8 Å². The fourth-order valence-electron chi connectivity index (χ4n) is 1.70. The Morgan fingerprint density at radius 3 is 2.33 bits per heavy atom. The van der Waals surface area contributed by atoms with E-state index in [1.165, 1.54) is 12.3 Å². The summed E-state index contributed by atoms with van der Waals surface area (Å²) in [6.07, 6.45) is -3.03. The van der Waals surface area contributed by atoms with Crippen LogP contribution in [-0.4, -0.2) is 14.8 Å². The molecule has 0 aromatic carbocycles. The Kier molecular flexibility index (Phi) is 2.92. The van der Waals surface area contributed by atoms with Crippen LogP contribution in [-0.2, 0) is 11.7 Å². The highest BCUT2D eigenvalue weighted by atomic mass is 79.9. The molecule has 0 aliphatic rings. The predicted octanol–water partition coefficient (Wildman–Crippen LogP) is 3.97. The van der Waals surface area contributed by atoms with Crippen LogP contribution in [0.2, 0.25) is 0 Å². The van der Waals surface area contributed by atoms with Crippen molar-refractivity contribution in [2.45, 2.75) is 32.5 Å². The maximum absolute atomic E-state index is 13.2. The summed E-state index contributed by atoms with van der Waals surface area (Å²) in [5, 5.41) is 3.96. The summed E-state index contributed by atoms with van der Waals surface area (Å²) in [6, 6.07) is 1.39. The minimum Gasteiger partial charge on any atom is -0.252 e. The van der Waals surface area contributed by atoms with E-state index in [-0.39, 0.29) is 11.0 Å². The average Bonchev–Trinajstić information content (AvgIpc) is 2.54. The Morgan fingerprint density at radius 1 is 1.22 bits per heavy atom. The first-order chi connectivity index (χ1) is 8.10. The van der Waals surface area contributed by atoms with Crippen molar-refractivity contribution in [3.63, 3.8) is 0 Å². The highest BCUT2D eigenvalue weighted by Crippen LogP contribution is 2.37. The SMILES string of the molecule is CC(C)(C)n1nc2ncc(Br)cc2c1C(F)(F)F. The van der Waals surface area contributed by atoms with E-state index < -0.39 is 17.4 Å². The minimum atomic E-state index is -4.47. The van der Waals surface area contributed by atoms with Gasteiger partial charge in [-0.1, -0.05) is 0 Å². The van der Waals surface area contributed by atoms with Crippen molar-refractivity contribution in [2.75, 3.05) is 0 Å². The fourth-order valence-corrected chi connectivity index (χ4v) is 2.03. The Bertz CT molecular complexity index is 596. The molecule has 0 bridgehead atoms. The molecule has 0 fully saturated rings. The molecule has 0 unspecified atom stereocenters. The van der Waals surface area contributed by atoms with Gasteiger partial charge in [0, 0.05) is 10.7 Å². The molecule has 7 heteroatoms. The Balaban J connectivity index is 2.87. The standard InChI is InChI=1S/C11H11BrF3N3/c1-10(2,3)18-8(11(13,14)15)7-4-6(12)5-16-9(7)17-18/h4-5H,1-3H3. The van der Waals surface area contributed by atoms with E-state index >= 15 is 0 Å². The Morgan fingerprint density at radius 2 is 1.83 bits per heavy atom. The van der Waals surface area contributed by atoms with E-state index in [0.29, 0.717) is 4.47 Å². The number of aromatic nitrogens is 3. The van der Waals surface area contributed by atoms with E-state index in [1.54, 1.807) is 20.8 Å². The maximum atomic E-state index is 13.2. The van der Waals surface area contributed by atoms with E-state index in [4.69, 9.17) is 0 Å². The quantitative estimate of drug-likeness (QED) is 0.735. The predicted molar refractivity (Wildman–Crippen MR) is 65.2 cm³/mol. The zero-order valence-corrected chi connectivity index (χ0v) is 11.6. The van der Waals surface area contributed by atoms with Gasteiger partial charge in [-0.05, 0) is 42.8 Å². The van der Waals surface area contributed by atoms with Gasteiger partial charge in [-0.25, -0.2) is 4.98 Å². The molecule has 3 nitrogen and oxygen atoms in total. The second-order valence-electron chi connectivity index (χ2n) is 4.95. The zero-order valence-electron chi connectivity index (χ0n) is 10.0. The van der Waals surface area contributed by atoms with Gasteiger partial charge in [-0.3, -0.25) is 4.68 Å². The topological polar surface area (TPSA) is 30.7 Å². The third-order valence-corrected chi connectivity index (χ3v) is 2.83. The molecular weight excluding hydrogens is 311 g/mol. The lowest BCUT2D eigenvalue weighted by atomic mass is 10.1. The van der Waals surface area contributed by atoms with Crippen LogP contribution in [0, 0.1) is 0 Å². The first-order valence-corrected chi connectivity index (χ1v) is 6.02. The molecular formula is C11H11BrF3N3. The van der Waals surface area contributed by atoms with Gasteiger partial charge < -0.3 is 0 Å². The lowest BCUT2D eigenvalue weighted by Gasteiger charge is -2.23. The van der Waals surface area contributed by atoms with Gasteiger partial charge in [0.05, 0.1) is 10.9 Å². The second-order valence-corrected chi connectivity index (χ2v) is 5.87. The van der Waals surface area contributed by atoms with Gasteiger partial charge in [-0.15, -0.1) is 0 Å². The lowest BCUT2D eigenvalue weighted by Crippen LogP contribution is -2.28. The summed E-state index contributed by atoms with van der Waals surface area (Å²) in [7, 11) is 0. The van der Waals surface area contributed by atoms with Crippen LogP contribution in [0.15, 0.2) is 16.7 Å². The maximum Gasteiger partial charge on any atom is 0.433 e. The molecule has 2 heterocycles. The van der Waals surface area contributed by atoms with Crippen LogP contribution in [0.25, 0.3) is 11.0 Å². The summed E-state index contributed by atoms with van der Waals surface area (Å²) in [5.74, 6) is 0. The number of hydrogen-bond donors (Lipinski definition) is 0. The first-order valence-electron chi connectivity index (χ1n) is 5.22. The monoisotopic (exact) mass is 321 g/mol. The van der Waals surface area contributed by atoms with Gasteiger partial charge in [0.15, 0.2) is 11.3 Å². The van der Waals surface area contributed by atoms with Gasteiger partial charge in [0.2, 0.25) is 0 Å². The largest absolute Gasteiger partial charge is 0.433 e. The molecule has 2 aromatic heterocycles. The minimum absolute atomic E-state index is 0.00630. The molecule has 0 radical (unpaired) electrons. The molecule has 0 amide bonds. The molecule has 0 saturated heterocycles. The van der Waals surface area contributed by atoms with Crippen molar-refractivity contribution >= 4 is 27.0 Å². The number of alkyl halides is 3. The molecule has 0 N–H and O–H groups in total. The van der Waals surface area contributed by atoms with Crippen LogP contribution in [0.1, 0.15) is 26.5 Å². The van der Waals surface area contributed by atoms with Crippen molar-refractivity contribution in [2.24, 2.45) is 0 Å². The van der Waals surface area contributed by atoms with Crippen molar-refractivity contribution in [1.29, 1.82) is 0 Å². The van der Waals surface area contributed by atoms with Crippen LogP contribution in [0.3, 0.4) is 0 Å². The zero-order chi connectivity index (χ0) is 13.7. The molecule has 0 aliphatic heterocycles. The molecule has 0 atom stereocenters. The number of halogens is 4. The van der Waals surface area contributed by atoms with Crippen LogP contribution in [0.5, 0.6) is 0 Å². The number of nitrogens with zero attached hydrogens (tertiary/aromatic N) is 3. The molecule has 0 saturated carbocycles. The van der Waals surface area contributed by atoms with Crippen molar-refractivity contribution in [3.05, 3.63) is 22.4 Å². The number of fused-ring (bicyclic) bond motifs is 1. The second kappa shape index (κ2) is 3.94. The molecule has 2 aromatic rings. The summed E-state index contributed by atoms with van der Waals surface area (Å²) in [4.78, 5) is 3.91. The van der Waals surface area contributed by atoms with E-state index in [1.807, 2.05) is 0 Å². The fraction of sp³-hybridized carbons (Fsp3) is 0.455. The lowest BCUT2D eigenvalue weighted by molar-refractivity contribution is -0.144. The average molecular weight is 322 g/mol. The van der Waals surface area contributed by atoms with Gasteiger partial charge >= 0.3 is 6.18 Å². The Labute approximate surface area is 110 Å². The summed E-state index contributed by atoms with van der Waals surface area (Å²) < 4.78 is 41.0. The molecule has 0 aliphatic carbocycles. The van der Waals surface area contributed by atoms with Crippen LogP contribution < -0.4 is 0 Å². The van der Waals surface area contributed by atoms with E-state index in [9.17, 15) is 13.2 Å². The third kappa shape index (κ3) is 2.23. The highest BCUT2D eigenvalue weighted by molar-refractivity contribution is 9.10.